The van der Waals surface area contributed by atoms with Gasteiger partial charge in [-0.05, 0) is 75.6 Å². The Kier molecular flexibility index (Phi) is 6.29. The normalized spacial score (nSPS) is 12.5. The van der Waals surface area contributed by atoms with Crippen LogP contribution >= 0.6 is 11.3 Å². The lowest BCUT2D eigenvalue weighted by atomic mass is 9.87. The van der Waals surface area contributed by atoms with E-state index in [2.05, 4.69) is 169 Å². The predicted octanol–water partition coefficient (Wildman–Crippen LogP) is 15.0. The van der Waals surface area contributed by atoms with Crippen molar-refractivity contribution in [1.82, 2.24) is 9.97 Å². The van der Waals surface area contributed by atoms with E-state index in [0.717, 1.165) is 61.1 Å². The van der Waals surface area contributed by atoms with Gasteiger partial charge < -0.3 is 9.32 Å². The lowest BCUT2D eigenvalue weighted by molar-refractivity contribution is 0.667. The molecule has 13 rings (SSSR count). The average molecular weight is 744 g/mol. The van der Waals surface area contributed by atoms with E-state index in [9.17, 15) is 0 Å². The van der Waals surface area contributed by atoms with E-state index < -0.39 is 0 Å². The SMILES string of the molecule is c1ccc2c(N3c4ccc5ccccc5c4-c4cccc5cccc3c45)cc(-c3nc(-c4cccc5sc6ccccc6c45)c4oc5ccccc5c4n3)cc2c1. The van der Waals surface area contributed by atoms with E-state index in [1.807, 2.05) is 23.5 Å². The first-order valence-electron chi connectivity index (χ1n) is 19.2. The minimum atomic E-state index is 0.655. The minimum Gasteiger partial charge on any atom is -0.452 e. The van der Waals surface area contributed by atoms with Crippen molar-refractivity contribution in [3.8, 4) is 33.8 Å². The van der Waals surface area contributed by atoms with Crippen molar-refractivity contribution in [1.29, 1.82) is 0 Å². The maximum absolute atomic E-state index is 6.67. The number of furan rings is 1. The molecule has 0 spiro atoms. The van der Waals surface area contributed by atoms with Crippen molar-refractivity contribution in [3.63, 3.8) is 0 Å². The third-order valence-electron chi connectivity index (χ3n) is 11.8. The molecule has 1 aliphatic heterocycles. The molecule has 264 valence electrons. The summed E-state index contributed by atoms with van der Waals surface area (Å²) in [4.78, 5) is 13.4. The Hall–Kier alpha value is -7.34. The van der Waals surface area contributed by atoms with Crippen LogP contribution in [-0.4, -0.2) is 9.97 Å². The van der Waals surface area contributed by atoms with Crippen molar-refractivity contribution in [2.24, 2.45) is 0 Å². The summed E-state index contributed by atoms with van der Waals surface area (Å²) < 4.78 is 9.14. The number of thiophene rings is 1. The summed E-state index contributed by atoms with van der Waals surface area (Å²) in [5.74, 6) is 0.655. The van der Waals surface area contributed by atoms with Crippen molar-refractivity contribution < 1.29 is 4.42 Å². The largest absolute Gasteiger partial charge is 0.452 e. The molecule has 0 aliphatic carbocycles. The molecule has 0 unspecified atom stereocenters. The monoisotopic (exact) mass is 743 g/mol. The number of benzene rings is 9. The number of hydrogen-bond acceptors (Lipinski definition) is 5. The lowest BCUT2D eigenvalue weighted by Gasteiger charge is -2.35. The molecule has 1 aliphatic rings. The lowest BCUT2D eigenvalue weighted by Crippen LogP contribution is -2.16. The number of fused-ring (bicyclic) bond motifs is 11. The maximum Gasteiger partial charge on any atom is 0.180 e. The van der Waals surface area contributed by atoms with Gasteiger partial charge in [0.2, 0.25) is 0 Å². The van der Waals surface area contributed by atoms with Gasteiger partial charge in [-0.3, -0.25) is 0 Å². The molecule has 12 aromatic rings. The Morgan fingerprint density at radius 3 is 2.07 bits per heavy atom. The zero-order valence-electron chi connectivity index (χ0n) is 30.4. The van der Waals surface area contributed by atoms with Gasteiger partial charge in [-0.25, -0.2) is 9.97 Å². The molecule has 3 aromatic heterocycles. The highest BCUT2D eigenvalue weighted by molar-refractivity contribution is 7.25. The molecular weight excluding hydrogens is 715 g/mol. The fourth-order valence-corrected chi connectivity index (χ4v) is 10.4. The van der Waals surface area contributed by atoms with Crippen LogP contribution in [0.1, 0.15) is 0 Å². The first-order chi connectivity index (χ1) is 28.3. The number of rotatable bonds is 3. The van der Waals surface area contributed by atoms with Crippen LogP contribution in [0.15, 0.2) is 180 Å². The summed E-state index contributed by atoms with van der Waals surface area (Å²) in [6.07, 6.45) is 0. The van der Waals surface area contributed by atoms with Crippen LogP contribution in [0.4, 0.5) is 17.1 Å². The molecule has 0 radical (unpaired) electrons. The van der Waals surface area contributed by atoms with Gasteiger partial charge in [-0.15, -0.1) is 11.3 Å². The molecule has 0 atom stereocenters. The second kappa shape index (κ2) is 11.6. The third-order valence-corrected chi connectivity index (χ3v) is 12.9. The molecule has 9 aromatic carbocycles. The number of aromatic nitrogens is 2. The highest BCUT2D eigenvalue weighted by Crippen LogP contribution is 2.54. The topological polar surface area (TPSA) is 42.2 Å². The summed E-state index contributed by atoms with van der Waals surface area (Å²) in [6.45, 7) is 0. The quantitative estimate of drug-likeness (QED) is 0.181. The van der Waals surface area contributed by atoms with Crippen LogP contribution in [0.5, 0.6) is 0 Å². The molecule has 0 bridgehead atoms. The zero-order chi connectivity index (χ0) is 37.2. The van der Waals surface area contributed by atoms with E-state index in [1.165, 1.54) is 52.8 Å². The van der Waals surface area contributed by atoms with Gasteiger partial charge in [0.25, 0.3) is 0 Å². The van der Waals surface area contributed by atoms with Crippen molar-refractivity contribution >= 4 is 103 Å². The number of anilines is 3. The van der Waals surface area contributed by atoms with Crippen molar-refractivity contribution in [2.75, 3.05) is 4.90 Å². The summed E-state index contributed by atoms with van der Waals surface area (Å²) in [5.41, 5.74) is 11.0. The number of para-hydroxylation sites is 1. The summed E-state index contributed by atoms with van der Waals surface area (Å²) in [7, 11) is 0. The van der Waals surface area contributed by atoms with E-state index in [-0.39, 0.29) is 0 Å². The summed E-state index contributed by atoms with van der Waals surface area (Å²) in [6, 6.07) is 63.2. The minimum absolute atomic E-state index is 0.655. The van der Waals surface area contributed by atoms with Crippen molar-refractivity contribution in [2.45, 2.75) is 0 Å². The highest BCUT2D eigenvalue weighted by Gasteiger charge is 2.29. The van der Waals surface area contributed by atoms with Crippen LogP contribution in [0, 0.1) is 0 Å². The van der Waals surface area contributed by atoms with E-state index in [0.29, 0.717) is 11.4 Å². The second-order valence-electron chi connectivity index (χ2n) is 14.9. The van der Waals surface area contributed by atoms with Crippen LogP contribution in [0.25, 0.3) is 108 Å². The molecule has 57 heavy (non-hydrogen) atoms. The van der Waals surface area contributed by atoms with E-state index >= 15 is 0 Å². The van der Waals surface area contributed by atoms with Crippen LogP contribution in [0.2, 0.25) is 0 Å². The smallest absolute Gasteiger partial charge is 0.180 e. The molecule has 0 fully saturated rings. The van der Waals surface area contributed by atoms with Crippen LogP contribution < -0.4 is 4.90 Å². The van der Waals surface area contributed by atoms with Gasteiger partial charge in [-0.1, -0.05) is 127 Å². The highest BCUT2D eigenvalue weighted by atomic mass is 32.1. The van der Waals surface area contributed by atoms with E-state index in [4.69, 9.17) is 14.4 Å². The van der Waals surface area contributed by atoms with E-state index in [1.54, 1.807) is 0 Å². The number of hydrogen-bond donors (Lipinski definition) is 0. The molecule has 4 heterocycles. The fourth-order valence-electron chi connectivity index (χ4n) is 9.31. The molecular formula is C52H29N3OS. The molecule has 4 nitrogen and oxygen atoms in total. The molecule has 0 N–H and O–H groups in total. The standard InChI is InChI=1S/C52H29N3OS/c1-4-17-35-30(12-1)26-27-41-47(35)38-20-9-14-31-15-10-22-40(46(31)38)55(41)42-29-33(28-32-13-2-3-16-34(32)42)52-53-49-36-18-5-7-23-43(36)56-51(49)50(54-52)39-21-11-25-45-48(39)37-19-6-8-24-44(37)57-45/h1-29H. The Balaban J connectivity index is 1.13. The van der Waals surface area contributed by atoms with Crippen LogP contribution in [0.3, 0.4) is 0 Å². The predicted molar refractivity (Wildman–Crippen MR) is 239 cm³/mol. The van der Waals surface area contributed by atoms with Gasteiger partial charge in [0.1, 0.15) is 16.8 Å². The summed E-state index contributed by atoms with van der Waals surface area (Å²) in [5, 5.41) is 10.6. The average Bonchev–Trinajstić information content (AvgIpc) is 3.85. The Morgan fingerprint density at radius 2 is 1.16 bits per heavy atom. The Morgan fingerprint density at radius 1 is 0.456 bits per heavy atom. The molecule has 0 amide bonds. The molecule has 0 saturated heterocycles. The first-order valence-corrected chi connectivity index (χ1v) is 20.1. The van der Waals surface area contributed by atoms with Crippen LogP contribution in [-0.2, 0) is 0 Å². The third kappa shape index (κ3) is 4.37. The maximum atomic E-state index is 6.67. The Labute approximate surface area is 330 Å². The van der Waals surface area contributed by atoms with Crippen molar-refractivity contribution in [3.05, 3.63) is 176 Å². The Bertz CT molecular complexity index is 3670. The zero-order valence-corrected chi connectivity index (χ0v) is 31.2. The number of nitrogens with zero attached hydrogens (tertiary/aromatic N) is 3. The van der Waals surface area contributed by atoms with Gasteiger partial charge >= 0.3 is 0 Å². The fraction of sp³-hybridized carbons (Fsp3) is 0. The van der Waals surface area contributed by atoms with Gasteiger partial charge in [0.15, 0.2) is 11.4 Å². The molecule has 0 saturated carbocycles. The second-order valence-corrected chi connectivity index (χ2v) is 15.9. The summed E-state index contributed by atoms with van der Waals surface area (Å²) >= 11 is 1.81. The first kappa shape index (κ1) is 30.9. The molecule has 5 heteroatoms. The van der Waals surface area contributed by atoms with Gasteiger partial charge in [0.05, 0.1) is 17.1 Å². The van der Waals surface area contributed by atoms with Gasteiger partial charge in [-0.2, -0.15) is 0 Å². The van der Waals surface area contributed by atoms with Gasteiger partial charge in [0, 0.05) is 53.0 Å².